The molecular weight excluding hydrogens is 364 g/mol. The molecule has 3 rings (SSSR count). The van der Waals surface area contributed by atoms with Gasteiger partial charge in [0.2, 0.25) is 5.91 Å². The lowest BCUT2D eigenvalue weighted by Crippen LogP contribution is -2.45. The van der Waals surface area contributed by atoms with Gasteiger partial charge in [-0.2, -0.15) is 0 Å². The number of amides is 4. The summed E-state index contributed by atoms with van der Waals surface area (Å²) in [7, 11) is 0. The predicted molar refractivity (Wildman–Crippen MR) is 96.1 cm³/mol. The molecule has 0 saturated heterocycles. The van der Waals surface area contributed by atoms with Crippen molar-refractivity contribution in [3.63, 3.8) is 0 Å². The molecule has 0 fully saturated rings. The lowest BCUT2D eigenvalue weighted by molar-refractivity contribution is -0.151. The van der Waals surface area contributed by atoms with E-state index < -0.39 is 42.7 Å². The zero-order chi connectivity index (χ0) is 20.1. The number of carbonyl (C=O) groups is 5. The van der Waals surface area contributed by atoms with Crippen LogP contribution in [-0.2, 0) is 25.5 Å². The van der Waals surface area contributed by atoms with Gasteiger partial charge in [-0.3, -0.25) is 34.2 Å². The summed E-state index contributed by atoms with van der Waals surface area (Å²) in [4.78, 5) is 60.8. The van der Waals surface area contributed by atoms with Crippen molar-refractivity contribution in [3.05, 3.63) is 71.3 Å². The Morgan fingerprint density at radius 3 is 2.39 bits per heavy atom. The third-order valence-electron chi connectivity index (χ3n) is 4.08. The van der Waals surface area contributed by atoms with Crippen LogP contribution in [0.5, 0.6) is 0 Å². The van der Waals surface area contributed by atoms with Crippen LogP contribution in [0.3, 0.4) is 0 Å². The van der Waals surface area contributed by atoms with Crippen molar-refractivity contribution in [2.75, 3.05) is 13.2 Å². The van der Waals surface area contributed by atoms with E-state index in [2.05, 4.69) is 5.32 Å². The van der Waals surface area contributed by atoms with Gasteiger partial charge in [0.1, 0.15) is 6.54 Å². The van der Waals surface area contributed by atoms with Crippen LogP contribution in [0, 0.1) is 0 Å². The molecule has 1 aliphatic heterocycles. The molecule has 0 aromatic heterocycles. The van der Waals surface area contributed by atoms with Crippen LogP contribution in [-0.4, -0.2) is 47.6 Å². The summed E-state index contributed by atoms with van der Waals surface area (Å²) in [6.07, 6.45) is 0.00125. The molecule has 0 bridgehead atoms. The number of carbonyl (C=O) groups excluding carboxylic acids is 5. The zero-order valence-corrected chi connectivity index (χ0v) is 14.7. The van der Waals surface area contributed by atoms with E-state index in [0.717, 1.165) is 4.90 Å². The molecule has 0 radical (unpaired) electrons. The number of hydrogen-bond acceptors (Lipinski definition) is 6. The number of benzene rings is 2. The Balaban J connectivity index is 1.52. The minimum absolute atomic E-state index is 0.00125. The first-order valence-electron chi connectivity index (χ1n) is 8.43. The molecule has 142 valence electrons. The van der Waals surface area contributed by atoms with Crippen LogP contribution in [0.15, 0.2) is 54.6 Å². The van der Waals surface area contributed by atoms with E-state index in [1.807, 2.05) is 0 Å². The number of nitrogens with one attached hydrogen (secondary N) is 1. The van der Waals surface area contributed by atoms with Gasteiger partial charge in [0.25, 0.3) is 17.7 Å². The maximum absolute atomic E-state index is 12.4. The summed E-state index contributed by atoms with van der Waals surface area (Å²) in [5.41, 5.74) is 1.23. The van der Waals surface area contributed by atoms with E-state index in [-0.39, 0.29) is 12.0 Å². The Morgan fingerprint density at radius 1 is 0.964 bits per heavy atom. The summed E-state index contributed by atoms with van der Waals surface area (Å²) in [5, 5.41) is 2.08. The Morgan fingerprint density at radius 2 is 1.64 bits per heavy atom. The van der Waals surface area contributed by atoms with Gasteiger partial charge >= 0.3 is 5.97 Å². The molecule has 0 spiro atoms. The van der Waals surface area contributed by atoms with E-state index in [4.69, 9.17) is 4.74 Å². The van der Waals surface area contributed by atoms with Crippen LogP contribution in [0.1, 0.15) is 26.3 Å². The van der Waals surface area contributed by atoms with Gasteiger partial charge in [0, 0.05) is 11.1 Å². The van der Waals surface area contributed by atoms with Gasteiger partial charge in [-0.1, -0.05) is 36.4 Å². The second-order valence-corrected chi connectivity index (χ2v) is 6.02. The molecule has 2 aromatic carbocycles. The molecule has 1 N–H and O–H groups in total. The zero-order valence-electron chi connectivity index (χ0n) is 14.7. The fraction of sp³-hybridized carbons (Fsp3) is 0.150. The average Bonchev–Trinajstić information content (AvgIpc) is 2.70. The quantitative estimate of drug-likeness (QED) is 0.604. The maximum atomic E-state index is 12.4. The van der Waals surface area contributed by atoms with Gasteiger partial charge in [-0.05, 0) is 23.8 Å². The highest BCUT2D eigenvalue weighted by Gasteiger charge is 2.32. The van der Waals surface area contributed by atoms with Crippen LogP contribution >= 0.6 is 0 Å². The molecule has 0 unspecified atom stereocenters. The summed E-state index contributed by atoms with van der Waals surface area (Å²) in [5.74, 6) is -3.48. The number of ether oxygens (including phenoxy) is 1. The second kappa shape index (κ2) is 8.26. The van der Waals surface area contributed by atoms with E-state index in [9.17, 15) is 24.0 Å². The molecule has 2 aromatic rings. The Kier molecular flexibility index (Phi) is 5.59. The van der Waals surface area contributed by atoms with E-state index >= 15 is 0 Å². The lowest BCUT2D eigenvalue weighted by Gasteiger charge is -2.25. The number of hydrogen-bond donors (Lipinski definition) is 1. The molecule has 8 nitrogen and oxygen atoms in total. The van der Waals surface area contributed by atoms with Crippen molar-refractivity contribution in [3.8, 4) is 0 Å². The maximum Gasteiger partial charge on any atom is 0.326 e. The van der Waals surface area contributed by atoms with Gasteiger partial charge < -0.3 is 4.74 Å². The Hall–Kier alpha value is -3.81. The molecule has 0 saturated carbocycles. The summed E-state index contributed by atoms with van der Waals surface area (Å²) < 4.78 is 4.78. The molecule has 4 amide bonds. The fourth-order valence-corrected chi connectivity index (χ4v) is 2.71. The largest absolute Gasteiger partial charge is 0.454 e. The van der Waals surface area contributed by atoms with Crippen molar-refractivity contribution in [2.24, 2.45) is 0 Å². The van der Waals surface area contributed by atoms with Gasteiger partial charge in [-0.25, -0.2) is 0 Å². The fourth-order valence-electron chi connectivity index (χ4n) is 2.71. The third-order valence-corrected chi connectivity index (χ3v) is 4.08. The molecular formula is C20H16N2O6. The van der Waals surface area contributed by atoms with Crippen molar-refractivity contribution >= 4 is 29.6 Å². The number of imide groups is 2. The second-order valence-electron chi connectivity index (χ2n) is 6.02. The van der Waals surface area contributed by atoms with E-state index in [1.54, 1.807) is 42.5 Å². The van der Waals surface area contributed by atoms with Crippen molar-refractivity contribution in [1.82, 2.24) is 10.2 Å². The van der Waals surface area contributed by atoms with Crippen LogP contribution < -0.4 is 5.32 Å². The number of fused-ring (bicyclic) bond motifs is 1. The van der Waals surface area contributed by atoms with Gasteiger partial charge in [0.05, 0.1) is 6.42 Å². The first kappa shape index (κ1) is 19.0. The summed E-state index contributed by atoms with van der Waals surface area (Å²) in [6.45, 7) is -1.31. The minimum Gasteiger partial charge on any atom is -0.454 e. The molecule has 1 aliphatic rings. The summed E-state index contributed by atoms with van der Waals surface area (Å²) in [6, 6.07) is 14.7. The normalized spacial score (nSPS) is 12.9. The molecule has 8 heteroatoms. The number of nitrogens with zero attached hydrogens (tertiary/aromatic N) is 1. The molecule has 28 heavy (non-hydrogen) atoms. The first-order chi connectivity index (χ1) is 13.5. The van der Waals surface area contributed by atoms with Crippen molar-refractivity contribution in [1.29, 1.82) is 0 Å². The van der Waals surface area contributed by atoms with Gasteiger partial charge in [0.15, 0.2) is 6.61 Å². The van der Waals surface area contributed by atoms with Crippen molar-refractivity contribution in [2.45, 2.75) is 6.42 Å². The highest BCUT2D eigenvalue weighted by molar-refractivity contribution is 6.11. The van der Waals surface area contributed by atoms with Crippen LogP contribution in [0.2, 0.25) is 0 Å². The standard InChI is InChI=1S/C20H16N2O6/c23-16(21-19(26)13-6-2-1-3-7-13)12-28-18(25)11-22-17(24)10-14-8-4-5-9-15(14)20(22)27/h1-9H,10-12H2,(H,21,23,26). The number of rotatable bonds is 5. The van der Waals surface area contributed by atoms with Crippen LogP contribution in [0.25, 0.3) is 0 Å². The molecule has 0 aliphatic carbocycles. The Labute approximate surface area is 160 Å². The third kappa shape index (κ3) is 4.29. The molecule has 1 heterocycles. The molecule has 0 atom stereocenters. The monoisotopic (exact) mass is 380 g/mol. The Bertz CT molecular complexity index is 954. The average molecular weight is 380 g/mol. The van der Waals surface area contributed by atoms with Crippen molar-refractivity contribution < 1.29 is 28.7 Å². The van der Waals surface area contributed by atoms with E-state index in [1.165, 1.54) is 12.1 Å². The number of esters is 1. The van der Waals surface area contributed by atoms with Gasteiger partial charge in [-0.15, -0.1) is 0 Å². The lowest BCUT2D eigenvalue weighted by atomic mass is 9.98. The van der Waals surface area contributed by atoms with E-state index in [0.29, 0.717) is 11.1 Å². The van der Waals surface area contributed by atoms with Crippen LogP contribution in [0.4, 0.5) is 0 Å². The first-order valence-corrected chi connectivity index (χ1v) is 8.43. The highest BCUT2D eigenvalue weighted by Crippen LogP contribution is 2.19. The topological polar surface area (TPSA) is 110 Å². The predicted octanol–water partition coefficient (Wildman–Crippen LogP) is 0.711. The highest BCUT2D eigenvalue weighted by atomic mass is 16.5. The SMILES string of the molecule is O=C(COC(=O)CN1C(=O)Cc2ccccc2C1=O)NC(=O)c1ccccc1. The minimum atomic E-state index is -0.927. The smallest absolute Gasteiger partial charge is 0.326 e. The summed E-state index contributed by atoms with van der Waals surface area (Å²) >= 11 is 0.